The monoisotopic (exact) mass is 213 g/mol. The molecular formula is C9H15N3OS. The minimum absolute atomic E-state index is 0.0449. The normalized spacial score (nSPS) is 24.9. The van der Waals surface area contributed by atoms with E-state index in [4.69, 9.17) is 10.5 Å². The van der Waals surface area contributed by atoms with Crippen LogP contribution in [0, 0.1) is 0 Å². The number of hydrogen-bond acceptors (Lipinski definition) is 4. The van der Waals surface area contributed by atoms with Crippen LogP contribution in [-0.2, 0) is 11.8 Å². The number of nitrogens with zero attached hydrogens (tertiary/aromatic N) is 2. The zero-order valence-corrected chi connectivity index (χ0v) is 9.04. The molecule has 0 spiro atoms. The predicted octanol–water partition coefficient (Wildman–Crippen LogP) is 0.552. The van der Waals surface area contributed by atoms with E-state index in [1.54, 1.807) is 4.68 Å². The van der Waals surface area contributed by atoms with E-state index in [1.807, 2.05) is 31.2 Å². The first-order valence-corrected chi connectivity index (χ1v) is 5.86. The highest BCUT2D eigenvalue weighted by Crippen LogP contribution is 2.22. The van der Waals surface area contributed by atoms with Gasteiger partial charge >= 0.3 is 0 Å². The summed E-state index contributed by atoms with van der Waals surface area (Å²) in [7, 11) is 1.90. The summed E-state index contributed by atoms with van der Waals surface area (Å²) in [6, 6.07) is -0.0449. The maximum absolute atomic E-state index is 6.09. The molecule has 4 nitrogen and oxygen atoms in total. The van der Waals surface area contributed by atoms with Gasteiger partial charge in [0.2, 0.25) is 0 Å². The standard InChI is InChI=1S/C9H15N3OS/c1-12-5-7(4-11-12)9(10)8-6-14-3-2-13-8/h4-5,8-9H,2-3,6,10H2,1H3. The number of aryl methyl sites for hydroxylation is 1. The zero-order chi connectivity index (χ0) is 9.97. The van der Waals surface area contributed by atoms with Crippen molar-refractivity contribution in [3.8, 4) is 0 Å². The molecule has 5 heteroatoms. The summed E-state index contributed by atoms with van der Waals surface area (Å²) < 4.78 is 7.39. The first kappa shape index (κ1) is 10.0. The Labute approximate surface area is 87.8 Å². The highest BCUT2D eigenvalue weighted by molar-refractivity contribution is 7.99. The number of hydrogen-bond donors (Lipinski definition) is 1. The highest BCUT2D eigenvalue weighted by atomic mass is 32.2. The third-order valence-corrected chi connectivity index (χ3v) is 3.37. The van der Waals surface area contributed by atoms with E-state index >= 15 is 0 Å². The van der Waals surface area contributed by atoms with Crippen molar-refractivity contribution in [2.24, 2.45) is 12.8 Å². The van der Waals surface area contributed by atoms with Crippen LogP contribution in [0.2, 0.25) is 0 Å². The van der Waals surface area contributed by atoms with Gasteiger partial charge in [-0.15, -0.1) is 0 Å². The van der Waals surface area contributed by atoms with Gasteiger partial charge in [0.05, 0.1) is 24.9 Å². The molecule has 14 heavy (non-hydrogen) atoms. The van der Waals surface area contributed by atoms with Gasteiger partial charge in [-0.05, 0) is 0 Å². The fourth-order valence-electron chi connectivity index (χ4n) is 1.54. The summed E-state index contributed by atoms with van der Waals surface area (Å²) in [4.78, 5) is 0. The maximum Gasteiger partial charge on any atom is 0.0859 e. The van der Waals surface area contributed by atoms with Gasteiger partial charge in [0.1, 0.15) is 0 Å². The summed E-state index contributed by atoms with van der Waals surface area (Å²) in [6.07, 6.45) is 3.90. The van der Waals surface area contributed by atoms with Crippen molar-refractivity contribution in [1.82, 2.24) is 9.78 Å². The second kappa shape index (κ2) is 4.33. The van der Waals surface area contributed by atoms with E-state index in [9.17, 15) is 0 Å². The summed E-state index contributed by atoms with van der Waals surface area (Å²) >= 11 is 1.90. The van der Waals surface area contributed by atoms with E-state index < -0.39 is 0 Å². The molecule has 2 rings (SSSR count). The molecule has 0 radical (unpaired) electrons. The molecule has 78 valence electrons. The largest absolute Gasteiger partial charge is 0.375 e. The average molecular weight is 213 g/mol. The van der Waals surface area contributed by atoms with Gasteiger partial charge in [-0.2, -0.15) is 16.9 Å². The summed E-state index contributed by atoms with van der Waals surface area (Å²) in [5, 5.41) is 4.11. The molecule has 1 aliphatic heterocycles. The van der Waals surface area contributed by atoms with Crippen LogP contribution in [0.1, 0.15) is 11.6 Å². The molecule has 1 fully saturated rings. The van der Waals surface area contributed by atoms with Crippen molar-refractivity contribution in [3.05, 3.63) is 18.0 Å². The summed E-state index contributed by atoms with van der Waals surface area (Å²) in [5.74, 6) is 2.06. The second-order valence-electron chi connectivity index (χ2n) is 3.46. The molecule has 0 bridgehead atoms. The van der Waals surface area contributed by atoms with Crippen LogP contribution in [0.5, 0.6) is 0 Å². The number of nitrogens with two attached hydrogens (primary N) is 1. The van der Waals surface area contributed by atoms with Gasteiger partial charge in [0.15, 0.2) is 0 Å². The number of thioether (sulfide) groups is 1. The molecule has 1 saturated heterocycles. The first-order chi connectivity index (χ1) is 6.77. The Morgan fingerprint density at radius 2 is 2.64 bits per heavy atom. The lowest BCUT2D eigenvalue weighted by atomic mass is 10.1. The first-order valence-electron chi connectivity index (χ1n) is 4.71. The lowest BCUT2D eigenvalue weighted by Crippen LogP contribution is -2.34. The number of ether oxygens (including phenoxy) is 1. The van der Waals surface area contributed by atoms with Crippen LogP contribution in [-0.4, -0.2) is 34.0 Å². The van der Waals surface area contributed by atoms with Crippen molar-refractivity contribution >= 4 is 11.8 Å². The molecular weight excluding hydrogens is 198 g/mol. The molecule has 0 aliphatic carbocycles. The molecule has 0 saturated carbocycles. The molecule has 2 heterocycles. The Morgan fingerprint density at radius 1 is 1.79 bits per heavy atom. The van der Waals surface area contributed by atoms with E-state index in [0.717, 1.165) is 23.7 Å². The third kappa shape index (κ3) is 2.10. The summed E-state index contributed by atoms with van der Waals surface area (Å²) in [6.45, 7) is 0.809. The van der Waals surface area contributed by atoms with Crippen LogP contribution in [0.15, 0.2) is 12.4 Å². The molecule has 1 aliphatic rings. The molecule has 1 aromatic rings. The Morgan fingerprint density at radius 3 is 3.21 bits per heavy atom. The van der Waals surface area contributed by atoms with Gasteiger partial charge in [-0.1, -0.05) is 0 Å². The van der Waals surface area contributed by atoms with Gasteiger partial charge in [0, 0.05) is 30.3 Å². The van der Waals surface area contributed by atoms with Gasteiger partial charge in [-0.25, -0.2) is 0 Å². The quantitative estimate of drug-likeness (QED) is 0.779. The van der Waals surface area contributed by atoms with E-state index in [1.165, 1.54) is 0 Å². The lowest BCUT2D eigenvalue weighted by molar-refractivity contribution is 0.0569. The smallest absolute Gasteiger partial charge is 0.0859 e. The van der Waals surface area contributed by atoms with Gasteiger partial charge in [0.25, 0.3) is 0 Å². The van der Waals surface area contributed by atoms with E-state index in [-0.39, 0.29) is 12.1 Å². The maximum atomic E-state index is 6.09. The van der Waals surface area contributed by atoms with Crippen molar-refractivity contribution in [2.75, 3.05) is 18.1 Å². The Hall–Kier alpha value is -0.520. The van der Waals surface area contributed by atoms with E-state index in [2.05, 4.69) is 5.10 Å². The summed E-state index contributed by atoms with van der Waals surface area (Å²) in [5.41, 5.74) is 7.15. The lowest BCUT2D eigenvalue weighted by Gasteiger charge is -2.26. The zero-order valence-electron chi connectivity index (χ0n) is 8.22. The average Bonchev–Trinajstić information content (AvgIpc) is 2.65. The highest BCUT2D eigenvalue weighted by Gasteiger charge is 2.23. The Bertz CT molecular complexity index is 296. The minimum atomic E-state index is -0.0449. The van der Waals surface area contributed by atoms with Crippen LogP contribution >= 0.6 is 11.8 Å². The molecule has 2 N–H and O–H groups in total. The van der Waals surface area contributed by atoms with Crippen molar-refractivity contribution in [1.29, 1.82) is 0 Å². The molecule has 2 atom stereocenters. The van der Waals surface area contributed by atoms with Crippen LogP contribution in [0.3, 0.4) is 0 Å². The van der Waals surface area contributed by atoms with Crippen molar-refractivity contribution in [2.45, 2.75) is 12.1 Å². The third-order valence-electron chi connectivity index (χ3n) is 2.35. The molecule has 0 amide bonds. The van der Waals surface area contributed by atoms with Gasteiger partial charge in [-0.3, -0.25) is 4.68 Å². The fourth-order valence-corrected chi connectivity index (χ4v) is 2.46. The molecule has 0 aromatic carbocycles. The predicted molar refractivity (Wildman–Crippen MR) is 57.2 cm³/mol. The van der Waals surface area contributed by atoms with Crippen LogP contribution in [0.4, 0.5) is 0 Å². The number of rotatable bonds is 2. The SMILES string of the molecule is Cn1cc(C(N)C2CSCCO2)cn1. The molecule has 1 aromatic heterocycles. The molecule has 2 unspecified atom stereocenters. The van der Waals surface area contributed by atoms with E-state index in [0.29, 0.717) is 0 Å². The fraction of sp³-hybridized carbons (Fsp3) is 0.667. The second-order valence-corrected chi connectivity index (χ2v) is 4.61. The minimum Gasteiger partial charge on any atom is -0.375 e. The Kier molecular flexibility index (Phi) is 3.10. The van der Waals surface area contributed by atoms with Crippen LogP contribution < -0.4 is 5.73 Å². The Balaban J connectivity index is 2.03. The van der Waals surface area contributed by atoms with Crippen molar-refractivity contribution < 1.29 is 4.74 Å². The van der Waals surface area contributed by atoms with Crippen molar-refractivity contribution in [3.63, 3.8) is 0 Å². The number of aromatic nitrogens is 2. The van der Waals surface area contributed by atoms with Crippen LogP contribution in [0.25, 0.3) is 0 Å². The van der Waals surface area contributed by atoms with Gasteiger partial charge < -0.3 is 10.5 Å². The topological polar surface area (TPSA) is 53.1 Å².